The minimum Gasteiger partial charge on any atom is -0.488 e. The van der Waals surface area contributed by atoms with Crippen molar-refractivity contribution in [2.24, 2.45) is 0 Å². The number of halogens is 1. The van der Waals surface area contributed by atoms with Crippen molar-refractivity contribution in [3.8, 4) is 5.75 Å². The van der Waals surface area contributed by atoms with Gasteiger partial charge in [-0.2, -0.15) is 0 Å². The van der Waals surface area contributed by atoms with Crippen LogP contribution in [0.2, 0.25) is 0 Å². The molecule has 1 heterocycles. The van der Waals surface area contributed by atoms with E-state index in [0.717, 1.165) is 10.2 Å². The van der Waals surface area contributed by atoms with E-state index < -0.39 is 0 Å². The molecule has 3 aromatic rings. The molecule has 0 radical (unpaired) electrons. The number of hydrogen-bond donors (Lipinski definition) is 0. The van der Waals surface area contributed by atoms with Gasteiger partial charge in [0.05, 0.1) is 0 Å². The third-order valence-electron chi connectivity index (χ3n) is 4.11. The zero-order valence-electron chi connectivity index (χ0n) is 12.3. The Morgan fingerprint density at radius 2 is 1.68 bits per heavy atom. The largest absolute Gasteiger partial charge is 0.488 e. The minimum absolute atomic E-state index is 0.578. The summed E-state index contributed by atoms with van der Waals surface area (Å²) >= 11 is 3.72. The van der Waals surface area contributed by atoms with Gasteiger partial charge in [0.25, 0.3) is 0 Å². The van der Waals surface area contributed by atoms with Crippen molar-refractivity contribution in [3.05, 3.63) is 81.8 Å². The van der Waals surface area contributed by atoms with E-state index in [-0.39, 0.29) is 0 Å². The molecule has 0 amide bonds. The van der Waals surface area contributed by atoms with Crippen molar-refractivity contribution in [3.63, 3.8) is 0 Å². The second kappa shape index (κ2) is 5.29. The molecule has 0 atom stereocenters. The van der Waals surface area contributed by atoms with Gasteiger partial charge in [0, 0.05) is 15.6 Å². The van der Waals surface area contributed by atoms with Crippen LogP contribution in [-0.2, 0) is 0 Å². The second-order valence-electron chi connectivity index (χ2n) is 5.59. The number of benzene rings is 3. The zero-order chi connectivity index (χ0) is 15.1. The Hall–Kier alpha value is -2.06. The topological polar surface area (TPSA) is 9.23 Å². The number of rotatable bonds is 1. The predicted molar refractivity (Wildman–Crippen MR) is 95.6 cm³/mol. The summed E-state index contributed by atoms with van der Waals surface area (Å²) in [5.41, 5.74) is 4.90. The van der Waals surface area contributed by atoms with Crippen molar-refractivity contribution < 1.29 is 4.74 Å². The van der Waals surface area contributed by atoms with Gasteiger partial charge >= 0.3 is 0 Å². The Bertz CT molecular complexity index is 891. The lowest BCUT2D eigenvalue weighted by atomic mass is 9.90. The number of aryl methyl sites for hydroxylation is 1. The van der Waals surface area contributed by atoms with Crippen LogP contribution >= 0.6 is 15.9 Å². The molecule has 0 aromatic heterocycles. The van der Waals surface area contributed by atoms with Crippen LogP contribution in [0.4, 0.5) is 0 Å². The Balaban J connectivity index is 2.04. The third-order valence-corrected chi connectivity index (χ3v) is 4.73. The number of ether oxygens (including phenoxy) is 1. The van der Waals surface area contributed by atoms with Gasteiger partial charge < -0.3 is 4.74 Å². The first-order chi connectivity index (χ1) is 10.7. The van der Waals surface area contributed by atoms with Crippen LogP contribution in [0.5, 0.6) is 5.75 Å². The van der Waals surface area contributed by atoms with Crippen molar-refractivity contribution in [2.75, 3.05) is 6.61 Å². The summed E-state index contributed by atoms with van der Waals surface area (Å²) in [5, 5.41) is 2.46. The molecule has 1 aliphatic heterocycles. The molecule has 0 spiro atoms. The minimum atomic E-state index is 0.578. The van der Waals surface area contributed by atoms with Gasteiger partial charge in [-0.05, 0) is 29.3 Å². The normalized spacial score (nSPS) is 13.9. The average Bonchev–Trinajstić information content (AvgIpc) is 2.56. The number of hydrogen-bond acceptors (Lipinski definition) is 1. The summed E-state index contributed by atoms with van der Waals surface area (Å²) in [7, 11) is 0. The maximum absolute atomic E-state index is 5.91. The maximum atomic E-state index is 5.91. The van der Waals surface area contributed by atoms with Gasteiger partial charge in [-0.15, -0.1) is 0 Å². The summed E-state index contributed by atoms with van der Waals surface area (Å²) < 4.78 is 7.01. The molecular formula is C20H15BrO. The molecule has 1 nitrogen and oxygen atoms in total. The van der Waals surface area contributed by atoms with Crippen LogP contribution in [0.3, 0.4) is 0 Å². The van der Waals surface area contributed by atoms with Crippen molar-refractivity contribution in [1.29, 1.82) is 0 Å². The van der Waals surface area contributed by atoms with Crippen LogP contribution < -0.4 is 4.74 Å². The van der Waals surface area contributed by atoms with Crippen LogP contribution in [0.25, 0.3) is 16.3 Å². The molecule has 0 N–H and O–H groups in total. The Labute approximate surface area is 138 Å². The van der Waals surface area contributed by atoms with Crippen LogP contribution in [0.1, 0.15) is 16.7 Å². The number of fused-ring (bicyclic) bond motifs is 3. The van der Waals surface area contributed by atoms with Crippen LogP contribution in [0, 0.1) is 6.92 Å². The van der Waals surface area contributed by atoms with Crippen molar-refractivity contribution >= 4 is 32.3 Å². The quantitative estimate of drug-likeness (QED) is 0.547. The van der Waals surface area contributed by atoms with E-state index in [4.69, 9.17) is 4.74 Å². The molecule has 0 bridgehead atoms. The lowest BCUT2D eigenvalue weighted by Gasteiger charge is -2.23. The Kier molecular flexibility index (Phi) is 3.27. The maximum Gasteiger partial charge on any atom is 0.128 e. The monoisotopic (exact) mass is 350 g/mol. The van der Waals surface area contributed by atoms with Crippen LogP contribution in [-0.4, -0.2) is 6.61 Å². The molecule has 22 heavy (non-hydrogen) atoms. The van der Waals surface area contributed by atoms with Gasteiger partial charge in [-0.3, -0.25) is 0 Å². The highest BCUT2D eigenvalue weighted by Crippen LogP contribution is 2.43. The molecule has 3 aromatic carbocycles. The van der Waals surface area contributed by atoms with E-state index in [1.165, 1.54) is 33.0 Å². The van der Waals surface area contributed by atoms with E-state index in [1.807, 2.05) is 0 Å². The van der Waals surface area contributed by atoms with Crippen LogP contribution in [0.15, 0.2) is 65.1 Å². The lowest BCUT2D eigenvalue weighted by molar-refractivity contribution is 0.356. The second-order valence-corrected chi connectivity index (χ2v) is 6.55. The van der Waals surface area contributed by atoms with Gasteiger partial charge in [-0.25, -0.2) is 0 Å². The first-order valence-electron chi connectivity index (χ1n) is 7.34. The molecule has 0 unspecified atom stereocenters. The molecule has 0 saturated heterocycles. The smallest absolute Gasteiger partial charge is 0.128 e. The predicted octanol–water partition coefficient (Wildman–Crippen LogP) is 5.69. The standard InChI is InChI=1S/C20H15BrO/c1-13-6-8-15(9-7-13)19-17(21)12-22-18-11-10-14-4-2-3-5-16(14)20(18)19/h2-11H,12H2,1H3. The Morgan fingerprint density at radius 1 is 0.909 bits per heavy atom. The molecule has 1 aliphatic rings. The summed E-state index contributed by atoms with van der Waals surface area (Å²) in [4.78, 5) is 0. The van der Waals surface area contributed by atoms with Gasteiger partial charge in [0.2, 0.25) is 0 Å². The first-order valence-corrected chi connectivity index (χ1v) is 8.14. The van der Waals surface area contributed by atoms with E-state index in [9.17, 15) is 0 Å². The highest BCUT2D eigenvalue weighted by molar-refractivity contribution is 9.11. The summed E-state index contributed by atoms with van der Waals surface area (Å²) in [6, 6.07) is 21.3. The van der Waals surface area contributed by atoms with Gasteiger partial charge in [0.15, 0.2) is 0 Å². The molecule has 108 valence electrons. The summed E-state index contributed by atoms with van der Waals surface area (Å²) in [5.74, 6) is 0.956. The zero-order valence-corrected chi connectivity index (χ0v) is 13.9. The van der Waals surface area contributed by atoms with Crippen molar-refractivity contribution in [2.45, 2.75) is 6.92 Å². The summed E-state index contributed by atoms with van der Waals surface area (Å²) in [6.45, 7) is 2.69. The molecule has 2 heteroatoms. The average molecular weight is 351 g/mol. The third kappa shape index (κ3) is 2.15. The fourth-order valence-electron chi connectivity index (χ4n) is 3.00. The molecule has 0 aliphatic carbocycles. The van der Waals surface area contributed by atoms with Crippen molar-refractivity contribution in [1.82, 2.24) is 0 Å². The van der Waals surface area contributed by atoms with E-state index in [0.29, 0.717) is 6.61 Å². The van der Waals surface area contributed by atoms with E-state index in [1.54, 1.807) is 0 Å². The highest BCUT2D eigenvalue weighted by Gasteiger charge is 2.22. The van der Waals surface area contributed by atoms with Gasteiger partial charge in [0.1, 0.15) is 12.4 Å². The van der Waals surface area contributed by atoms with E-state index in [2.05, 4.69) is 83.5 Å². The lowest BCUT2D eigenvalue weighted by Crippen LogP contribution is -2.09. The fourth-order valence-corrected chi connectivity index (χ4v) is 3.54. The fraction of sp³-hybridized carbons (Fsp3) is 0.100. The molecule has 0 fully saturated rings. The van der Waals surface area contributed by atoms with Gasteiger partial charge in [-0.1, -0.05) is 76.1 Å². The molecular weight excluding hydrogens is 336 g/mol. The molecule has 0 saturated carbocycles. The Morgan fingerprint density at radius 3 is 2.50 bits per heavy atom. The van der Waals surface area contributed by atoms with E-state index >= 15 is 0 Å². The SMILES string of the molecule is Cc1ccc(C2=C(Br)COc3ccc4ccccc4c32)cc1. The highest BCUT2D eigenvalue weighted by atomic mass is 79.9. The molecule has 4 rings (SSSR count). The first kappa shape index (κ1) is 13.6. The summed E-state index contributed by atoms with van der Waals surface area (Å²) in [6.07, 6.45) is 0.